The number of carbonyl (C=O) groups excluding carboxylic acids is 2. The summed E-state index contributed by atoms with van der Waals surface area (Å²) in [4.78, 5) is 32.4. The van der Waals surface area contributed by atoms with Crippen LogP contribution in [0.2, 0.25) is 0 Å². The summed E-state index contributed by atoms with van der Waals surface area (Å²) in [5.74, 6) is -0.654. The molecule has 3 aromatic rings. The second-order valence-corrected chi connectivity index (χ2v) is 8.73. The van der Waals surface area contributed by atoms with Gasteiger partial charge in [-0.1, -0.05) is 6.07 Å². The Balaban J connectivity index is 1.60. The number of fused-ring (bicyclic) bond motifs is 1. The Morgan fingerprint density at radius 2 is 2.03 bits per heavy atom. The van der Waals surface area contributed by atoms with Gasteiger partial charge in [0.25, 0.3) is 11.7 Å². The number of aliphatic hydroxyl groups is 1. The average molecular weight is 433 g/mol. The Kier molecular flexibility index (Phi) is 4.82. The monoisotopic (exact) mass is 432 g/mol. The van der Waals surface area contributed by atoms with E-state index in [-0.39, 0.29) is 24.0 Å². The normalized spacial score (nSPS) is 21.9. The molecular weight excluding hydrogens is 412 g/mol. The number of carbonyl (C=O) groups is 2. The zero-order valence-corrected chi connectivity index (χ0v) is 17.6. The molecule has 1 fully saturated rings. The first kappa shape index (κ1) is 19.5. The van der Waals surface area contributed by atoms with E-state index in [9.17, 15) is 14.7 Å². The first-order valence-electron chi connectivity index (χ1n) is 10.0. The van der Waals surface area contributed by atoms with E-state index in [2.05, 4.69) is 4.98 Å². The zero-order valence-electron chi connectivity index (χ0n) is 16.8. The van der Waals surface area contributed by atoms with Crippen LogP contribution in [-0.4, -0.2) is 32.8 Å². The van der Waals surface area contributed by atoms with Crippen molar-refractivity contribution in [2.45, 2.75) is 32.0 Å². The lowest BCUT2D eigenvalue weighted by Gasteiger charge is -2.24. The minimum Gasteiger partial charge on any atom is -0.507 e. The van der Waals surface area contributed by atoms with Gasteiger partial charge in [0, 0.05) is 35.8 Å². The van der Waals surface area contributed by atoms with Gasteiger partial charge in [0.15, 0.2) is 0 Å². The van der Waals surface area contributed by atoms with E-state index >= 15 is 0 Å². The van der Waals surface area contributed by atoms with Crippen LogP contribution in [0, 0.1) is 0 Å². The van der Waals surface area contributed by atoms with E-state index in [0.717, 1.165) is 28.2 Å². The van der Waals surface area contributed by atoms with Crippen LogP contribution in [0.15, 0.2) is 65.8 Å². The number of aliphatic hydroxyl groups excluding tert-OH is 1. The van der Waals surface area contributed by atoms with Gasteiger partial charge in [-0.05, 0) is 59.8 Å². The SMILES string of the molecule is CC1Cc2cc(C(O)=C3C(=O)C(=O)N(Cc4ccncc4)C3c3cccs3)ccc2O1. The Morgan fingerprint density at radius 1 is 1.23 bits per heavy atom. The van der Waals surface area contributed by atoms with Gasteiger partial charge in [0.2, 0.25) is 0 Å². The van der Waals surface area contributed by atoms with Crippen molar-refractivity contribution in [3.05, 3.63) is 87.4 Å². The van der Waals surface area contributed by atoms with Crippen molar-refractivity contribution in [1.82, 2.24) is 9.88 Å². The molecule has 1 aromatic carbocycles. The molecule has 1 saturated heterocycles. The van der Waals surface area contributed by atoms with E-state index in [1.165, 1.54) is 16.2 Å². The van der Waals surface area contributed by atoms with Crippen LogP contribution in [0.3, 0.4) is 0 Å². The lowest BCUT2D eigenvalue weighted by Crippen LogP contribution is -2.28. The Bertz CT molecular complexity index is 1190. The van der Waals surface area contributed by atoms with Gasteiger partial charge in [0.1, 0.15) is 17.6 Å². The van der Waals surface area contributed by atoms with Crippen molar-refractivity contribution < 1.29 is 19.4 Å². The van der Waals surface area contributed by atoms with E-state index < -0.39 is 17.7 Å². The highest BCUT2D eigenvalue weighted by Gasteiger charge is 2.46. The molecule has 1 N–H and O–H groups in total. The minimum absolute atomic E-state index is 0.0736. The van der Waals surface area contributed by atoms with Gasteiger partial charge in [-0.2, -0.15) is 0 Å². The lowest BCUT2D eigenvalue weighted by molar-refractivity contribution is -0.140. The number of hydrogen-bond donors (Lipinski definition) is 1. The zero-order chi connectivity index (χ0) is 21.5. The molecule has 2 aliphatic rings. The van der Waals surface area contributed by atoms with Gasteiger partial charge in [-0.25, -0.2) is 0 Å². The van der Waals surface area contributed by atoms with Crippen LogP contribution in [-0.2, 0) is 22.6 Å². The van der Waals surface area contributed by atoms with E-state index in [1.54, 1.807) is 24.5 Å². The molecule has 0 aliphatic carbocycles. The number of rotatable bonds is 4. The van der Waals surface area contributed by atoms with Crippen LogP contribution in [0.1, 0.15) is 34.5 Å². The topological polar surface area (TPSA) is 79.7 Å². The quantitative estimate of drug-likeness (QED) is 0.382. The van der Waals surface area contributed by atoms with Gasteiger partial charge < -0.3 is 14.7 Å². The molecular formula is C24H20N2O4S. The first-order valence-corrected chi connectivity index (χ1v) is 10.9. The third-order valence-corrected chi connectivity index (χ3v) is 6.55. The van der Waals surface area contributed by atoms with E-state index in [1.807, 2.05) is 42.6 Å². The summed E-state index contributed by atoms with van der Waals surface area (Å²) in [6.07, 6.45) is 4.12. The number of aromatic nitrogens is 1. The number of nitrogens with zero attached hydrogens (tertiary/aromatic N) is 2. The molecule has 31 heavy (non-hydrogen) atoms. The van der Waals surface area contributed by atoms with Gasteiger partial charge in [-0.15, -0.1) is 11.3 Å². The largest absolute Gasteiger partial charge is 0.507 e. The van der Waals surface area contributed by atoms with Gasteiger partial charge in [0.05, 0.1) is 11.6 Å². The molecule has 6 nitrogen and oxygen atoms in total. The maximum absolute atomic E-state index is 13.1. The second-order valence-electron chi connectivity index (χ2n) is 7.75. The van der Waals surface area contributed by atoms with Crippen molar-refractivity contribution in [3.8, 4) is 5.75 Å². The molecule has 2 atom stereocenters. The third kappa shape index (κ3) is 3.41. The summed E-state index contributed by atoms with van der Waals surface area (Å²) >= 11 is 1.45. The molecule has 0 bridgehead atoms. The summed E-state index contributed by atoms with van der Waals surface area (Å²) < 4.78 is 5.74. The number of benzene rings is 1. The van der Waals surface area contributed by atoms with Crippen molar-refractivity contribution in [3.63, 3.8) is 0 Å². The standard InChI is InChI=1S/C24H20N2O4S/c1-14-11-17-12-16(4-5-18(17)30-14)22(27)20-21(19-3-2-10-31-19)26(24(29)23(20)28)13-15-6-8-25-9-7-15/h2-10,12,14,21,27H,11,13H2,1H3. The molecule has 2 unspecified atom stereocenters. The predicted molar refractivity (Wildman–Crippen MR) is 117 cm³/mol. The fourth-order valence-corrected chi connectivity index (χ4v) is 5.04. The summed E-state index contributed by atoms with van der Waals surface area (Å²) in [5, 5.41) is 13.1. The van der Waals surface area contributed by atoms with Crippen molar-refractivity contribution in [1.29, 1.82) is 0 Å². The van der Waals surface area contributed by atoms with Gasteiger partial charge in [-0.3, -0.25) is 14.6 Å². The molecule has 0 saturated carbocycles. The second kappa shape index (κ2) is 7.67. The van der Waals surface area contributed by atoms with Gasteiger partial charge >= 0.3 is 0 Å². The van der Waals surface area contributed by atoms with Crippen LogP contribution in [0.4, 0.5) is 0 Å². The molecule has 0 spiro atoms. The number of ketones is 1. The average Bonchev–Trinajstić information content (AvgIpc) is 3.48. The highest BCUT2D eigenvalue weighted by Crippen LogP contribution is 2.42. The highest BCUT2D eigenvalue weighted by atomic mass is 32.1. The maximum Gasteiger partial charge on any atom is 0.295 e. The smallest absolute Gasteiger partial charge is 0.295 e. The summed E-state index contributed by atoms with van der Waals surface area (Å²) in [6.45, 7) is 2.24. The number of Topliss-reactive ketones (excluding diaryl/α,β-unsaturated/α-hetero) is 1. The van der Waals surface area contributed by atoms with Crippen LogP contribution in [0.25, 0.3) is 5.76 Å². The predicted octanol–water partition coefficient (Wildman–Crippen LogP) is 4.09. The van der Waals surface area contributed by atoms with Crippen molar-refractivity contribution in [2.75, 3.05) is 0 Å². The van der Waals surface area contributed by atoms with E-state index in [0.29, 0.717) is 5.56 Å². The number of hydrogen-bond acceptors (Lipinski definition) is 6. The molecule has 2 aromatic heterocycles. The third-order valence-electron chi connectivity index (χ3n) is 5.62. The number of amides is 1. The van der Waals surface area contributed by atoms with Crippen molar-refractivity contribution in [2.24, 2.45) is 0 Å². The summed E-state index contributed by atoms with van der Waals surface area (Å²) in [7, 11) is 0. The minimum atomic E-state index is -0.671. The molecule has 7 heteroatoms. The Labute approximate surface area is 183 Å². The number of ether oxygens (including phenoxy) is 1. The number of pyridine rings is 1. The summed E-state index contributed by atoms with van der Waals surface area (Å²) in [6, 6.07) is 12.1. The fraction of sp³-hybridized carbons (Fsp3) is 0.208. The number of thiophene rings is 1. The molecule has 5 rings (SSSR count). The lowest BCUT2D eigenvalue weighted by atomic mass is 9.98. The van der Waals surface area contributed by atoms with Crippen LogP contribution < -0.4 is 4.74 Å². The highest BCUT2D eigenvalue weighted by molar-refractivity contribution is 7.10. The van der Waals surface area contributed by atoms with E-state index in [4.69, 9.17) is 4.74 Å². The Morgan fingerprint density at radius 3 is 2.77 bits per heavy atom. The number of likely N-dealkylation sites (tertiary alicyclic amines) is 1. The molecule has 1 amide bonds. The van der Waals surface area contributed by atoms with Crippen LogP contribution >= 0.6 is 11.3 Å². The molecule has 156 valence electrons. The molecule has 4 heterocycles. The Hall–Kier alpha value is -3.45. The first-order chi connectivity index (χ1) is 15.0. The van der Waals surface area contributed by atoms with Crippen LogP contribution in [0.5, 0.6) is 5.75 Å². The maximum atomic E-state index is 13.1. The molecule has 0 radical (unpaired) electrons. The van der Waals surface area contributed by atoms with Crippen molar-refractivity contribution >= 4 is 28.8 Å². The molecule has 2 aliphatic heterocycles. The fourth-order valence-electron chi connectivity index (χ4n) is 4.20. The summed E-state index contributed by atoms with van der Waals surface area (Å²) in [5.41, 5.74) is 2.48.